The first kappa shape index (κ1) is 16.8. The Morgan fingerprint density at radius 2 is 2.17 bits per heavy atom. The molecule has 0 atom stereocenters. The second-order valence-electron chi connectivity index (χ2n) is 5.55. The summed E-state index contributed by atoms with van der Waals surface area (Å²) in [5, 5.41) is 14.3. The molecule has 1 amide bonds. The topological polar surface area (TPSA) is 84.7 Å². The number of piperidine rings is 1. The Balaban J connectivity index is 0.00000169. The molecule has 4 rings (SSSR count). The summed E-state index contributed by atoms with van der Waals surface area (Å²) in [5.41, 5.74) is 3.72. The van der Waals surface area contributed by atoms with E-state index in [0.29, 0.717) is 17.4 Å². The van der Waals surface area contributed by atoms with Crippen LogP contribution in [0.25, 0.3) is 10.2 Å². The van der Waals surface area contributed by atoms with E-state index in [1.54, 1.807) is 27.7 Å². The van der Waals surface area contributed by atoms with Crippen molar-refractivity contribution in [1.29, 1.82) is 0 Å². The highest BCUT2D eigenvalue weighted by molar-refractivity contribution is 7.16. The van der Waals surface area contributed by atoms with Gasteiger partial charge in [-0.2, -0.15) is 0 Å². The predicted molar refractivity (Wildman–Crippen MR) is 96.0 cm³/mol. The van der Waals surface area contributed by atoms with Crippen molar-refractivity contribution in [2.75, 3.05) is 18.4 Å². The van der Waals surface area contributed by atoms with Crippen LogP contribution in [0, 0.1) is 0 Å². The molecule has 0 aliphatic carbocycles. The Hall–Kier alpha value is -2.03. The predicted octanol–water partition coefficient (Wildman–Crippen LogP) is 2.49. The summed E-state index contributed by atoms with van der Waals surface area (Å²) in [5.74, 6) is -0.250. The Labute approximate surface area is 148 Å². The van der Waals surface area contributed by atoms with Crippen molar-refractivity contribution in [3.05, 3.63) is 35.6 Å². The van der Waals surface area contributed by atoms with Crippen molar-refractivity contribution in [2.45, 2.75) is 18.9 Å². The maximum Gasteiger partial charge on any atom is 0.277 e. The highest BCUT2D eigenvalue weighted by atomic mass is 35.5. The number of nitrogens with one attached hydrogen (secondary N) is 2. The minimum atomic E-state index is -0.250. The molecule has 1 aromatic carbocycles. The molecular weight excluding hydrogens is 348 g/mol. The van der Waals surface area contributed by atoms with Gasteiger partial charge in [-0.15, -0.1) is 28.8 Å². The van der Waals surface area contributed by atoms with E-state index in [-0.39, 0.29) is 18.3 Å². The first-order chi connectivity index (χ1) is 11.3. The lowest BCUT2D eigenvalue weighted by atomic mass is 10.1. The SMILES string of the molecule is Cl.O=C(Nc1ccc2scnc2c1)c1cn(C2CCNCC2)nn1. The number of benzene rings is 1. The number of aromatic nitrogens is 4. The van der Waals surface area contributed by atoms with E-state index >= 15 is 0 Å². The first-order valence-corrected chi connectivity index (χ1v) is 8.45. The number of carbonyl (C=O) groups excluding carboxylic acids is 1. The molecule has 2 N–H and O–H groups in total. The molecule has 1 saturated heterocycles. The quantitative estimate of drug-likeness (QED) is 0.745. The molecule has 126 valence electrons. The molecule has 9 heteroatoms. The molecule has 1 fully saturated rings. The van der Waals surface area contributed by atoms with E-state index in [1.165, 1.54) is 0 Å². The highest BCUT2D eigenvalue weighted by Gasteiger charge is 2.18. The zero-order chi connectivity index (χ0) is 15.6. The van der Waals surface area contributed by atoms with E-state index in [2.05, 4.69) is 25.9 Å². The van der Waals surface area contributed by atoms with Gasteiger partial charge in [-0.05, 0) is 44.1 Å². The van der Waals surface area contributed by atoms with Crippen molar-refractivity contribution < 1.29 is 4.79 Å². The molecule has 3 heterocycles. The second-order valence-corrected chi connectivity index (χ2v) is 6.44. The van der Waals surface area contributed by atoms with Gasteiger partial charge in [-0.3, -0.25) is 4.79 Å². The summed E-state index contributed by atoms with van der Waals surface area (Å²) < 4.78 is 2.90. The number of nitrogens with zero attached hydrogens (tertiary/aromatic N) is 4. The van der Waals surface area contributed by atoms with Gasteiger partial charge in [0, 0.05) is 5.69 Å². The van der Waals surface area contributed by atoms with Crippen LogP contribution in [0.5, 0.6) is 0 Å². The molecule has 2 aromatic heterocycles. The minimum Gasteiger partial charge on any atom is -0.320 e. The first-order valence-electron chi connectivity index (χ1n) is 7.57. The van der Waals surface area contributed by atoms with E-state index in [1.807, 2.05) is 18.2 Å². The number of hydrogen-bond donors (Lipinski definition) is 2. The van der Waals surface area contributed by atoms with Gasteiger partial charge in [0.25, 0.3) is 5.91 Å². The van der Waals surface area contributed by atoms with Gasteiger partial charge in [0.15, 0.2) is 5.69 Å². The number of amides is 1. The van der Waals surface area contributed by atoms with Crippen LogP contribution < -0.4 is 10.6 Å². The summed E-state index contributed by atoms with van der Waals surface area (Å²) in [6, 6.07) is 6.00. The summed E-state index contributed by atoms with van der Waals surface area (Å²) in [6.07, 6.45) is 3.74. The third-order valence-corrected chi connectivity index (χ3v) is 4.82. The number of halogens is 1. The molecule has 7 nitrogen and oxygen atoms in total. The second kappa shape index (κ2) is 7.25. The third kappa shape index (κ3) is 3.40. The standard InChI is InChI=1S/C15H16N6OS.ClH/c22-15(18-10-1-2-14-12(7-10)17-9-23-14)13-8-21(20-19-13)11-3-5-16-6-4-11;/h1-2,7-9,11,16H,3-6H2,(H,18,22);1H. The number of carbonyl (C=O) groups is 1. The van der Waals surface area contributed by atoms with Gasteiger partial charge in [0.05, 0.1) is 28.0 Å². The lowest BCUT2D eigenvalue weighted by molar-refractivity contribution is 0.102. The molecular formula is C15H17ClN6OS. The Kier molecular flexibility index (Phi) is 5.08. The van der Waals surface area contributed by atoms with Crippen molar-refractivity contribution in [2.24, 2.45) is 0 Å². The largest absolute Gasteiger partial charge is 0.320 e. The van der Waals surface area contributed by atoms with Crippen LogP contribution in [0.1, 0.15) is 29.4 Å². The van der Waals surface area contributed by atoms with Crippen LogP contribution in [-0.2, 0) is 0 Å². The van der Waals surface area contributed by atoms with Gasteiger partial charge in [-0.25, -0.2) is 9.67 Å². The van der Waals surface area contributed by atoms with Gasteiger partial charge in [0.2, 0.25) is 0 Å². The number of anilines is 1. The maximum absolute atomic E-state index is 12.3. The van der Waals surface area contributed by atoms with Crippen molar-refractivity contribution in [1.82, 2.24) is 25.3 Å². The van der Waals surface area contributed by atoms with Crippen molar-refractivity contribution in [3.63, 3.8) is 0 Å². The van der Waals surface area contributed by atoms with E-state index in [9.17, 15) is 4.79 Å². The fourth-order valence-corrected chi connectivity index (χ4v) is 3.42. The summed E-state index contributed by atoms with van der Waals surface area (Å²) in [7, 11) is 0. The van der Waals surface area contributed by atoms with Gasteiger partial charge in [-0.1, -0.05) is 5.21 Å². The molecule has 24 heavy (non-hydrogen) atoms. The van der Waals surface area contributed by atoms with Crippen LogP contribution in [0.4, 0.5) is 5.69 Å². The lowest BCUT2D eigenvalue weighted by Gasteiger charge is -2.22. The molecule has 0 unspecified atom stereocenters. The monoisotopic (exact) mass is 364 g/mol. The smallest absolute Gasteiger partial charge is 0.277 e. The number of fused-ring (bicyclic) bond motifs is 1. The molecule has 0 bridgehead atoms. The molecule has 3 aromatic rings. The van der Waals surface area contributed by atoms with E-state index in [0.717, 1.165) is 36.1 Å². The normalized spacial score (nSPS) is 15.2. The van der Waals surface area contributed by atoms with Crippen LogP contribution in [0.15, 0.2) is 29.9 Å². The lowest BCUT2D eigenvalue weighted by Crippen LogP contribution is -2.29. The van der Waals surface area contributed by atoms with Crippen LogP contribution in [-0.4, -0.2) is 39.0 Å². The number of hydrogen-bond acceptors (Lipinski definition) is 6. The maximum atomic E-state index is 12.3. The zero-order valence-corrected chi connectivity index (χ0v) is 14.4. The van der Waals surface area contributed by atoms with Crippen LogP contribution in [0.3, 0.4) is 0 Å². The van der Waals surface area contributed by atoms with Gasteiger partial charge < -0.3 is 10.6 Å². The molecule has 0 saturated carbocycles. The molecule has 1 aliphatic heterocycles. The fraction of sp³-hybridized carbons (Fsp3) is 0.333. The average molecular weight is 365 g/mol. The van der Waals surface area contributed by atoms with Crippen molar-refractivity contribution in [3.8, 4) is 0 Å². The highest BCUT2D eigenvalue weighted by Crippen LogP contribution is 2.22. The summed E-state index contributed by atoms with van der Waals surface area (Å²) in [6.45, 7) is 1.94. The van der Waals surface area contributed by atoms with E-state index < -0.39 is 0 Å². The molecule has 0 spiro atoms. The van der Waals surface area contributed by atoms with E-state index in [4.69, 9.17) is 0 Å². The van der Waals surface area contributed by atoms with Gasteiger partial charge >= 0.3 is 0 Å². The average Bonchev–Trinajstić information content (AvgIpc) is 3.24. The minimum absolute atomic E-state index is 0. The third-order valence-electron chi connectivity index (χ3n) is 4.01. The summed E-state index contributed by atoms with van der Waals surface area (Å²) in [4.78, 5) is 16.6. The molecule has 1 aliphatic rings. The summed E-state index contributed by atoms with van der Waals surface area (Å²) >= 11 is 1.58. The Bertz CT molecular complexity index is 841. The Morgan fingerprint density at radius 3 is 3.00 bits per heavy atom. The fourth-order valence-electron chi connectivity index (χ4n) is 2.76. The number of thiazole rings is 1. The number of rotatable bonds is 3. The van der Waals surface area contributed by atoms with Crippen molar-refractivity contribution >= 4 is 45.6 Å². The van der Waals surface area contributed by atoms with Crippen LogP contribution >= 0.6 is 23.7 Å². The zero-order valence-electron chi connectivity index (χ0n) is 12.8. The van der Waals surface area contributed by atoms with Crippen LogP contribution in [0.2, 0.25) is 0 Å². The van der Waals surface area contributed by atoms with Gasteiger partial charge in [0.1, 0.15) is 0 Å². The Morgan fingerprint density at radius 1 is 1.33 bits per heavy atom. The molecule has 0 radical (unpaired) electrons.